The van der Waals surface area contributed by atoms with Crippen LogP contribution < -0.4 is 4.72 Å². The molecule has 0 aromatic carbocycles. The lowest BCUT2D eigenvalue weighted by atomic mass is 10.2. The highest BCUT2D eigenvalue weighted by Gasteiger charge is 2.23. The van der Waals surface area contributed by atoms with Crippen molar-refractivity contribution in [3.63, 3.8) is 0 Å². The molecule has 0 radical (unpaired) electrons. The van der Waals surface area contributed by atoms with E-state index in [1.165, 1.54) is 18.5 Å². The highest BCUT2D eigenvalue weighted by atomic mass is 32.2. The van der Waals surface area contributed by atoms with Crippen LogP contribution in [0.5, 0.6) is 0 Å². The summed E-state index contributed by atoms with van der Waals surface area (Å²) in [6, 6.07) is 2.04. The molecule has 3 rings (SSSR count). The van der Waals surface area contributed by atoms with Gasteiger partial charge in [-0.25, -0.2) is 0 Å². The van der Waals surface area contributed by atoms with Crippen molar-refractivity contribution < 1.29 is 8.42 Å². The monoisotopic (exact) mass is 369 g/mol. The average Bonchev–Trinajstić information content (AvgIpc) is 2.80. The quantitative estimate of drug-likeness (QED) is 0.794. The zero-order chi connectivity index (χ0) is 17.7. The van der Waals surface area contributed by atoms with Gasteiger partial charge in [-0.05, 0) is 31.9 Å². The molecule has 0 spiro atoms. The lowest BCUT2D eigenvalue weighted by Gasteiger charge is -2.27. The molecule has 1 fully saturated rings. The summed E-state index contributed by atoms with van der Waals surface area (Å²) in [5.41, 5.74) is 2.00. The number of fused-ring (bicyclic) bond motifs is 1. The van der Waals surface area contributed by atoms with Gasteiger partial charge < -0.3 is 0 Å². The van der Waals surface area contributed by atoms with Gasteiger partial charge in [-0.15, -0.1) is 0 Å². The summed E-state index contributed by atoms with van der Waals surface area (Å²) in [7, 11) is -3.41. The fraction of sp³-hybridized carbons (Fsp3) is 0.824. The molecule has 142 valence electrons. The number of rotatable bonds is 7. The Morgan fingerprint density at radius 1 is 1.12 bits per heavy atom. The first-order valence-electron chi connectivity index (χ1n) is 9.61. The molecule has 2 aliphatic rings. The minimum absolute atomic E-state index is 0.272. The fourth-order valence-corrected chi connectivity index (χ4v) is 4.83. The van der Waals surface area contributed by atoms with Gasteiger partial charge in [0.1, 0.15) is 0 Å². The minimum atomic E-state index is -3.41. The van der Waals surface area contributed by atoms with E-state index in [1.54, 1.807) is 4.31 Å². The van der Waals surface area contributed by atoms with E-state index in [1.807, 2.05) is 10.7 Å². The van der Waals surface area contributed by atoms with Gasteiger partial charge >= 0.3 is 0 Å². The van der Waals surface area contributed by atoms with Crippen LogP contribution in [-0.4, -0.2) is 53.6 Å². The van der Waals surface area contributed by atoms with E-state index < -0.39 is 10.2 Å². The van der Waals surface area contributed by atoms with Gasteiger partial charge in [-0.3, -0.25) is 9.58 Å². The van der Waals surface area contributed by atoms with Crippen LogP contribution in [0.25, 0.3) is 0 Å². The molecular formula is C17H31N5O2S. The molecule has 25 heavy (non-hydrogen) atoms. The Morgan fingerprint density at radius 2 is 1.88 bits per heavy atom. The second-order valence-corrected chi connectivity index (χ2v) is 8.87. The molecule has 0 unspecified atom stereocenters. The van der Waals surface area contributed by atoms with E-state index in [0.29, 0.717) is 13.1 Å². The maximum absolute atomic E-state index is 12.5. The zero-order valence-corrected chi connectivity index (χ0v) is 16.1. The Bertz CT molecular complexity index is 650. The van der Waals surface area contributed by atoms with E-state index in [-0.39, 0.29) is 6.54 Å². The van der Waals surface area contributed by atoms with Gasteiger partial charge in [0.25, 0.3) is 10.2 Å². The molecule has 8 heteroatoms. The zero-order valence-electron chi connectivity index (χ0n) is 15.3. The van der Waals surface area contributed by atoms with E-state index in [4.69, 9.17) is 0 Å². The molecule has 0 amide bonds. The third kappa shape index (κ3) is 5.03. The van der Waals surface area contributed by atoms with Crippen molar-refractivity contribution in [2.45, 2.75) is 65.1 Å². The molecule has 3 heterocycles. The lowest BCUT2D eigenvalue weighted by molar-refractivity contribution is 0.210. The second kappa shape index (κ2) is 8.62. The molecule has 1 N–H and O–H groups in total. The minimum Gasteiger partial charge on any atom is -0.296 e. The summed E-state index contributed by atoms with van der Waals surface area (Å²) in [6.07, 6.45) is 6.57. The van der Waals surface area contributed by atoms with Gasteiger partial charge in [0, 0.05) is 26.2 Å². The van der Waals surface area contributed by atoms with Crippen LogP contribution in [0.1, 0.15) is 56.8 Å². The number of hydrogen-bond donors (Lipinski definition) is 1. The topological polar surface area (TPSA) is 70.5 Å². The first-order chi connectivity index (χ1) is 12.1. The summed E-state index contributed by atoms with van der Waals surface area (Å²) in [5, 5.41) is 4.58. The summed E-state index contributed by atoms with van der Waals surface area (Å²) in [5.74, 6) is 0. The van der Waals surface area contributed by atoms with E-state index in [0.717, 1.165) is 57.6 Å². The van der Waals surface area contributed by atoms with Crippen LogP contribution in [0.15, 0.2) is 6.07 Å². The average molecular weight is 370 g/mol. The molecule has 2 aliphatic heterocycles. The van der Waals surface area contributed by atoms with Crippen molar-refractivity contribution in [3.8, 4) is 0 Å². The van der Waals surface area contributed by atoms with Gasteiger partial charge in [-0.1, -0.05) is 26.2 Å². The predicted octanol–water partition coefficient (Wildman–Crippen LogP) is 1.71. The predicted molar refractivity (Wildman–Crippen MR) is 98.2 cm³/mol. The summed E-state index contributed by atoms with van der Waals surface area (Å²) in [4.78, 5) is 2.45. The van der Waals surface area contributed by atoms with Crippen LogP contribution in [-0.2, 0) is 29.8 Å². The van der Waals surface area contributed by atoms with Crippen molar-refractivity contribution in [2.24, 2.45) is 0 Å². The van der Waals surface area contributed by atoms with Gasteiger partial charge in [-0.2, -0.15) is 22.5 Å². The van der Waals surface area contributed by atoms with Gasteiger partial charge in [0.05, 0.1) is 24.5 Å². The Kier molecular flexibility index (Phi) is 6.49. The molecule has 0 atom stereocenters. The molecule has 1 aromatic heterocycles. The van der Waals surface area contributed by atoms with Crippen molar-refractivity contribution >= 4 is 10.2 Å². The third-order valence-electron chi connectivity index (χ3n) is 5.10. The van der Waals surface area contributed by atoms with Crippen molar-refractivity contribution in [1.29, 1.82) is 0 Å². The van der Waals surface area contributed by atoms with Crippen molar-refractivity contribution in [3.05, 3.63) is 17.5 Å². The van der Waals surface area contributed by atoms with Crippen LogP contribution in [0.4, 0.5) is 0 Å². The van der Waals surface area contributed by atoms with Crippen LogP contribution in [0, 0.1) is 0 Å². The van der Waals surface area contributed by atoms with Crippen LogP contribution in [0.2, 0.25) is 0 Å². The van der Waals surface area contributed by atoms with E-state index in [2.05, 4.69) is 21.6 Å². The summed E-state index contributed by atoms with van der Waals surface area (Å²) in [6.45, 7) is 7.68. The van der Waals surface area contributed by atoms with E-state index in [9.17, 15) is 8.42 Å². The fourth-order valence-electron chi connectivity index (χ4n) is 3.58. The van der Waals surface area contributed by atoms with E-state index >= 15 is 0 Å². The number of unbranched alkanes of at least 4 members (excludes halogenated alkanes) is 1. The molecule has 1 aromatic rings. The Balaban J connectivity index is 1.56. The first-order valence-corrected chi connectivity index (χ1v) is 11.0. The molecular weight excluding hydrogens is 338 g/mol. The number of nitrogens with zero attached hydrogens (tertiary/aromatic N) is 4. The second-order valence-electron chi connectivity index (χ2n) is 7.12. The maximum atomic E-state index is 12.5. The SMILES string of the molecule is CCCCN1CCn2nc(CNS(=O)(=O)N3CCCCCC3)cc2C1. The number of nitrogens with one attached hydrogen (secondary N) is 1. The lowest BCUT2D eigenvalue weighted by Crippen LogP contribution is -2.41. The van der Waals surface area contributed by atoms with Crippen molar-refractivity contribution in [2.75, 3.05) is 26.2 Å². The highest BCUT2D eigenvalue weighted by molar-refractivity contribution is 7.87. The number of hydrogen-bond acceptors (Lipinski definition) is 4. The largest absolute Gasteiger partial charge is 0.296 e. The molecule has 0 bridgehead atoms. The molecule has 0 aliphatic carbocycles. The number of aromatic nitrogens is 2. The van der Waals surface area contributed by atoms with Crippen LogP contribution in [0.3, 0.4) is 0 Å². The highest BCUT2D eigenvalue weighted by Crippen LogP contribution is 2.16. The normalized spacial score (nSPS) is 20.4. The molecule has 0 saturated carbocycles. The Labute approximate surface area is 151 Å². The molecule has 1 saturated heterocycles. The summed E-state index contributed by atoms with van der Waals surface area (Å²) < 4.78 is 31.3. The van der Waals surface area contributed by atoms with Gasteiger partial charge in [0.2, 0.25) is 0 Å². The van der Waals surface area contributed by atoms with Crippen LogP contribution >= 0.6 is 0 Å². The first kappa shape index (κ1) is 18.8. The van der Waals surface area contributed by atoms with Gasteiger partial charge in [0.15, 0.2) is 0 Å². The smallest absolute Gasteiger partial charge is 0.279 e. The standard InChI is InChI=1S/C17H31N5O2S/c1-2-3-8-20-11-12-22-17(15-20)13-16(19-22)14-18-25(23,24)21-9-6-4-5-7-10-21/h13,18H,2-12,14-15H2,1H3. The Morgan fingerprint density at radius 3 is 2.60 bits per heavy atom. The van der Waals surface area contributed by atoms with Crippen molar-refractivity contribution in [1.82, 2.24) is 23.7 Å². The summed E-state index contributed by atoms with van der Waals surface area (Å²) >= 11 is 0. The maximum Gasteiger partial charge on any atom is 0.279 e. The molecule has 7 nitrogen and oxygen atoms in total. The Hall–Kier alpha value is -0.960. The third-order valence-corrected chi connectivity index (χ3v) is 6.65.